The van der Waals surface area contributed by atoms with Gasteiger partial charge in [0.25, 0.3) is 0 Å². The summed E-state index contributed by atoms with van der Waals surface area (Å²) in [5, 5.41) is 0. The first-order valence-corrected chi connectivity index (χ1v) is 4.23. The van der Waals surface area contributed by atoms with Crippen LogP contribution in [0.3, 0.4) is 0 Å². The van der Waals surface area contributed by atoms with E-state index in [1.807, 2.05) is 19.3 Å². The van der Waals surface area contributed by atoms with E-state index in [2.05, 4.69) is 11.9 Å². The van der Waals surface area contributed by atoms with E-state index in [1.54, 1.807) is 0 Å². The molecule has 11 heavy (non-hydrogen) atoms. The molecule has 0 spiro atoms. The smallest absolute Gasteiger partial charge is 0.118 e. The van der Waals surface area contributed by atoms with Gasteiger partial charge in [0.05, 0.1) is 12.8 Å². The Morgan fingerprint density at radius 3 is 3.09 bits per heavy atom. The molecular weight excluding hydrogens is 138 g/mol. The molecule has 0 aromatic rings. The van der Waals surface area contributed by atoms with Crippen LogP contribution in [-0.2, 0) is 4.74 Å². The van der Waals surface area contributed by atoms with Gasteiger partial charge in [-0.05, 0) is 19.8 Å². The van der Waals surface area contributed by atoms with Crippen molar-refractivity contribution in [1.29, 1.82) is 0 Å². The first-order valence-electron chi connectivity index (χ1n) is 4.23. The van der Waals surface area contributed by atoms with E-state index in [0.717, 1.165) is 25.2 Å². The minimum atomic E-state index is 0.562. The van der Waals surface area contributed by atoms with Crippen LogP contribution in [0.2, 0.25) is 0 Å². The predicted octanol–water partition coefficient (Wildman–Crippen LogP) is 2.37. The van der Waals surface area contributed by atoms with E-state index in [9.17, 15) is 0 Å². The van der Waals surface area contributed by atoms with Crippen molar-refractivity contribution >= 4 is 6.21 Å². The Morgan fingerprint density at radius 2 is 2.45 bits per heavy atom. The Morgan fingerprint density at radius 1 is 1.64 bits per heavy atom. The van der Waals surface area contributed by atoms with Gasteiger partial charge < -0.3 is 4.74 Å². The Kier molecular flexibility index (Phi) is 3.14. The third-order valence-electron chi connectivity index (χ3n) is 1.90. The van der Waals surface area contributed by atoms with Gasteiger partial charge in [-0.3, -0.25) is 4.99 Å². The molecule has 1 aliphatic heterocycles. The van der Waals surface area contributed by atoms with Crippen molar-refractivity contribution in [2.24, 2.45) is 10.9 Å². The van der Waals surface area contributed by atoms with Gasteiger partial charge in [-0.2, -0.15) is 0 Å². The molecule has 0 amide bonds. The van der Waals surface area contributed by atoms with Gasteiger partial charge in [0.1, 0.15) is 5.76 Å². The molecule has 0 fully saturated rings. The molecule has 0 N–H and O–H groups in total. The van der Waals surface area contributed by atoms with Gasteiger partial charge in [-0.1, -0.05) is 6.92 Å². The number of hydrogen-bond donors (Lipinski definition) is 0. The average molecular weight is 153 g/mol. The Bertz CT molecular complexity index is 172. The summed E-state index contributed by atoms with van der Waals surface area (Å²) < 4.78 is 5.43. The fraction of sp³-hybridized carbons (Fsp3) is 0.667. The summed E-state index contributed by atoms with van der Waals surface area (Å²) in [7, 11) is 0. The molecule has 0 saturated carbocycles. The zero-order valence-corrected chi connectivity index (χ0v) is 7.21. The number of rotatable bonds is 3. The maximum atomic E-state index is 5.43. The molecule has 1 aliphatic rings. The van der Waals surface area contributed by atoms with Crippen molar-refractivity contribution in [3.05, 3.63) is 12.0 Å². The van der Waals surface area contributed by atoms with E-state index in [1.165, 1.54) is 0 Å². The highest BCUT2D eigenvalue weighted by atomic mass is 16.5. The molecule has 62 valence electrons. The van der Waals surface area contributed by atoms with Gasteiger partial charge in [-0.15, -0.1) is 0 Å². The lowest BCUT2D eigenvalue weighted by Crippen LogP contribution is -2.09. The standard InChI is InChI=1S/C9H15NO/c1-3-8-5-6-10-7-9(8)11-4-2/h6-8H,3-5H2,1-2H3. The van der Waals surface area contributed by atoms with E-state index in [-0.39, 0.29) is 0 Å². The lowest BCUT2D eigenvalue weighted by atomic mass is 10.00. The summed E-state index contributed by atoms with van der Waals surface area (Å²) in [6, 6.07) is 0. The second kappa shape index (κ2) is 4.16. The zero-order valence-electron chi connectivity index (χ0n) is 7.21. The van der Waals surface area contributed by atoms with Gasteiger partial charge in [0, 0.05) is 12.1 Å². The van der Waals surface area contributed by atoms with Crippen molar-refractivity contribution in [3.63, 3.8) is 0 Å². The Hall–Kier alpha value is -0.790. The normalized spacial score (nSPS) is 23.1. The summed E-state index contributed by atoms with van der Waals surface area (Å²) in [5.41, 5.74) is 0. The molecule has 0 bridgehead atoms. The van der Waals surface area contributed by atoms with Crippen LogP contribution >= 0.6 is 0 Å². The average Bonchev–Trinajstić information content (AvgIpc) is 2.06. The predicted molar refractivity (Wildman–Crippen MR) is 46.6 cm³/mol. The molecule has 2 nitrogen and oxygen atoms in total. The van der Waals surface area contributed by atoms with Gasteiger partial charge in [0.2, 0.25) is 0 Å². The van der Waals surface area contributed by atoms with Gasteiger partial charge in [-0.25, -0.2) is 0 Å². The SMILES string of the molecule is CCOC1=CN=CCC1CC. The highest BCUT2D eigenvalue weighted by molar-refractivity contribution is 5.60. The Labute approximate surface area is 68.0 Å². The van der Waals surface area contributed by atoms with E-state index < -0.39 is 0 Å². The molecule has 0 aromatic carbocycles. The van der Waals surface area contributed by atoms with E-state index in [0.29, 0.717) is 5.92 Å². The molecule has 1 atom stereocenters. The van der Waals surface area contributed by atoms with Crippen molar-refractivity contribution in [2.75, 3.05) is 6.61 Å². The monoisotopic (exact) mass is 153 g/mol. The van der Waals surface area contributed by atoms with E-state index >= 15 is 0 Å². The van der Waals surface area contributed by atoms with Crippen LogP contribution in [0.5, 0.6) is 0 Å². The molecule has 1 unspecified atom stereocenters. The van der Waals surface area contributed by atoms with Gasteiger partial charge >= 0.3 is 0 Å². The summed E-state index contributed by atoms with van der Waals surface area (Å²) in [6.45, 7) is 4.93. The van der Waals surface area contributed by atoms with Crippen molar-refractivity contribution in [1.82, 2.24) is 0 Å². The lowest BCUT2D eigenvalue weighted by Gasteiger charge is -2.18. The second-order valence-corrected chi connectivity index (χ2v) is 2.64. The third-order valence-corrected chi connectivity index (χ3v) is 1.90. The van der Waals surface area contributed by atoms with Crippen LogP contribution < -0.4 is 0 Å². The van der Waals surface area contributed by atoms with Crippen LogP contribution in [0.4, 0.5) is 0 Å². The van der Waals surface area contributed by atoms with Crippen LogP contribution in [0.1, 0.15) is 26.7 Å². The highest BCUT2D eigenvalue weighted by Crippen LogP contribution is 2.21. The number of allylic oxidation sites excluding steroid dienone is 1. The molecule has 1 rings (SSSR count). The van der Waals surface area contributed by atoms with Gasteiger partial charge in [0.15, 0.2) is 0 Å². The molecule has 0 aliphatic carbocycles. The fourth-order valence-electron chi connectivity index (χ4n) is 1.23. The molecular formula is C9H15NO. The molecule has 0 aromatic heterocycles. The summed E-state index contributed by atoms with van der Waals surface area (Å²) >= 11 is 0. The maximum Gasteiger partial charge on any atom is 0.118 e. The quantitative estimate of drug-likeness (QED) is 0.610. The number of nitrogens with zero attached hydrogens (tertiary/aromatic N) is 1. The van der Waals surface area contributed by atoms with Crippen molar-refractivity contribution in [3.8, 4) is 0 Å². The fourth-order valence-corrected chi connectivity index (χ4v) is 1.23. The van der Waals surface area contributed by atoms with E-state index in [4.69, 9.17) is 4.74 Å². The molecule has 1 heterocycles. The topological polar surface area (TPSA) is 21.6 Å². The maximum absolute atomic E-state index is 5.43. The summed E-state index contributed by atoms with van der Waals surface area (Å²) in [4.78, 5) is 4.06. The van der Waals surface area contributed by atoms with Crippen LogP contribution in [0.25, 0.3) is 0 Å². The van der Waals surface area contributed by atoms with Crippen LogP contribution in [0, 0.1) is 5.92 Å². The second-order valence-electron chi connectivity index (χ2n) is 2.64. The Balaban J connectivity index is 2.55. The number of aliphatic imine (C=N–C) groups is 1. The minimum Gasteiger partial charge on any atom is -0.496 e. The molecule has 0 saturated heterocycles. The van der Waals surface area contributed by atoms with Crippen molar-refractivity contribution in [2.45, 2.75) is 26.7 Å². The van der Waals surface area contributed by atoms with Crippen LogP contribution in [-0.4, -0.2) is 12.8 Å². The first kappa shape index (κ1) is 8.31. The number of ether oxygens (including phenoxy) is 1. The van der Waals surface area contributed by atoms with Crippen molar-refractivity contribution < 1.29 is 4.74 Å². The minimum absolute atomic E-state index is 0.562. The summed E-state index contributed by atoms with van der Waals surface area (Å²) in [5.74, 6) is 1.62. The molecule has 0 radical (unpaired) electrons. The summed E-state index contributed by atoms with van der Waals surface area (Å²) in [6.07, 6.45) is 5.96. The first-order chi connectivity index (χ1) is 5.38. The highest BCUT2D eigenvalue weighted by Gasteiger charge is 2.14. The zero-order chi connectivity index (χ0) is 8.10. The lowest BCUT2D eigenvalue weighted by molar-refractivity contribution is 0.188. The number of hydrogen-bond acceptors (Lipinski definition) is 2. The largest absolute Gasteiger partial charge is 0.496 e. The van der Waals surface area contributed by atoms with Crippen LogP contribution in [0.15, 0.2) is 17.0 Å². The third kappa shape index (κ3) is 2.07. The molecule has 2 heteroatoms.